The largest absolute Gasteiger partial charge is 0.319 e. The van der Waals surface area contributed by atoms with Crippen LogP contribution < -0.4 is 5.32 Å². The van der Waals surface area contributed by atoms with Crippen LogP contribution >= 0.6 is 0 Å². The third kappa shape index (κ3) is 3.41. The zero-order valence-electron chi connectivity index (χ0n) is 11.4. The molecule has 1 aliphatic carbocycles. The molecule has 0 amide bonds. The Morgan fingerprint density at radius 2 is 2.32 bits per heavy atom. The van der Waals surface area contributed by atoms with Gasteiger partial charge in [0.05, 0.1) is 6.54 Å². The molecule has 0 fully saturated rings. The number of nitrogens with zero attached hydrogens (tertiary/aromatic N) is 2. The lowest BCUT2D eigenvalue weighted by Crippen LogP contribution is -2.30. The van der Waals surface area contributed by atoms with Gasteiger partial charge in [0.25, 0.3) is 0 Å². The molecular weight excluding hydrogens is 248 g/mol. The van der Waals surface area contributed by atoms with E-state index >= 15 is 0 Å². The molecule has 106 valence electrons. The first kappa shape index (κ1) is 14.2. The number of allylic oxidation sites excluding steroid dienone is 1. The van der Waals surface area contributed by atoms with Crippen molar-refractivity contribution in [2.24, 2.45) is 11.8 Å². The van der Waals surface area contributed by atoms with Gasteiger partial charge in [0, 0.05) is 18.9 Å². The quantitative estimate of drug-likeness (QED) is 0.831. The number of alkyl halides is 2. The number of halogens is 2. The van der Waals surface area contributed by atoms with Crippen LogP contribution in [0.3, 0.4) is 0 Å². The summed E-state index contributed by atoms with van der Waals surface area (Å²) in [5.74, 6) is 1.54. The Morgan fingerprint density at radius 1 is 1.53 bits per heavy atom. The van der Waals surface area contributed by atoms with Crippen LogP contribution in [0.1, 0.15) is 39.1 Å². The van der Waals surface area contributed by atoms with Crippen molar-refractivity contribution >= 4 is 0 Å². The van der Waals surface area contributed by atoms with E-state index in [2.05, 4.69) is 30.2 Å². The average Bonchev–Trinajstić information content (AvgIpc) is 2.81. The van der Waals surface area contributed by atoms with Crippen molar-refractivity contribution in [3.8, 4) is 0 Å². The van der Waals surface area contributed by atoms with Gasteiger partial charge >= 0.3 is 6.55 Å². The summed E-state index contributed by atoms with van der Waals surface area (Å²) in [7, 11) is 0. The van der Waals surface area contributed by atoms with Gasteiger partial charge in [0.2, 0.25) is 0 Å². The van der Waals surface area contributed by atoms with E-state index in [1.165, 1.54) is 24.4 Å². The van der Waals surface area contributed by atoms with Gasteiger partial charge in [-0.2, -0.15) is 8.78 Å². The lowest BCUT2D eigenvalue weighted by atomic mass is 9.80. The molecule has 0 unspecified atom stereocenters. The highest BCUT2D eigenvalue weighted by Crippen LogP contribution is 2.29. The monoisotopic (exact) mass is 269 g/mol. The summed E-state index contributed by atoms with van der Waals surface area (Å²) in [5, 5.41) is 3.26. The van der Waals surface area contributed by atoms with E-state index in [1.807, 2.05) is 0 Å². The van der Waals surface area contributed by atoms with Crippen molar-refractivity contribution in [1.82, 2.24) is 14.9 Å². The summed E-state index contributed by atoms with van der Waals surface area (Å²) in [6, 6.07) is 0. The topological polar surface area (TPSA) is 29.9 Å². The Labute approximate surface area is 112 Å². The zero-order chi connectivity index (χ0) is 13.8. The molecule has 0 aliphatic heterocycles. The Kier molecular flexibility index (Phi) is 4.69. The number of nitrogens with one attached hydrogen (secondary N) is 1. The minimum Gasteiger partial charge on any atom is -0.309 e. The summed E-state index contributed by atoms with van der Waals surface area (Å²) in [6.45, 7) is 3.09. The zero-order valence-corrected chi connectivity index (χ0v) is 11.4. The first-order valence-corrected chi connectivity index (χ1v) is 6.77. The van der Waals surface area contributed by atoms with Crippen LogP contribution in [0.15, 0.2) is 24.0 Å². The molecule has 0 saturated heterocycles. The van der Waals surface area contributed by atoms with Crippen molar-refractivity contribution in [2.45, 2.75) is 39.8 Å². The molecule has 3 nitrogen and oxygen atoms in total. The standard InChI is InChI=1S/C14H21F2N3/c1-10-4-3-5-11(2)12(10)8-17-9-13-18-6-7-19(13)14(15)16/h4,6-7,11-12,14,17H,3,5,8-9H2,1-2H3/t11-,12-/m0/s1. The highest BCUT2D eigenvalue weighted by Gasteiger charge is 2.21. The fourth-order valence-corrected chi connectivity index (χ4v) is 2.74. The second-order valence-electron chi connectivity index (χ2n) is 5.27. The Morgan fingerprint density at radius 3 is 3.00 bits per heavy atom. The average molecular weight is 269 g/mol. The normalized spacial score (nSPS) is 23.7. The first-order valence-electron chi connectivity index (χ1n) is 6.77. The van der Waals surface area contributed by atoms with Gasteiger partial charge in [-0.3, -0.25) is 4.57 Å². The summed E-state index contributed by atoms with van der Waals surface area (Å²) >= 11 is 0. The van der Waals surface area contributed by atoms with Gasteiger partial charge in [-0.05, 0) is 31.6 Å². The lowest BCUT2D eigenvalue weighted by molar-refractivity contribution is 0.0665. The first-order chi connectivity index (χ1) is 9.09. The maximum atomic E-state index is 12.7. The van der Waals surface area contributed by atoms with Gasteiger partial charge in [0.15, 0.2) is 0 Å². The van der Waals surface area contributed by atoms with Crippen LogP contribution in [0.4, 0.5) is 8.78 Å². The molecule has 0 spiro atoms. The van der Waals surface area contributed by atoms with E-state index in [9.17, 15) is 8.78 Å². The van der Waals surface area contributed by atoms with Crippen LogP contribution in [0, 0.1) is 11.8 Å². The molecule has 1 heterocycles. The molecule has 5 heteroatoms. The molecule has 0 saturated carbocycles. The molecule has 0 aromatic carbocycles. The number of imidazole rings is 1. The van der Waals surface area contributed by atoms with Crippen molar-refractivity contribution in [3.63, 3.8) is 0 Å². The van der Waals surface area contributed by atoms with Gasteiger partial charge in [-0.1, -0.05) is 18.6 Å². The molecule has 2 atom stereocenters. The maximum Gasteiger partial charge on any atom is 0.319 e. The highest BCUT2D eigenvalue weighted by atomic mass is 19.3. The van der Waals surface area contributed by atoms with Crippen molar-refractivity contribution in [2.75, 3.05) is 6.54 Å². The van der Waals surface area contributed by atoms with Crippen molar-refractivity contribution in [1.29, 1.82) is 0 Å². The summed E-state index contributed by atoms with van der Waals surface area (Å²) in [6.07, 6.45) is 7.37. The van der Waals surface area contributed by atoms with E-state index < -0.39 is 6.55 Å². The number of hydrogen-bond acceptors (Lipinski definition) is 2. The summed E-state index contributed by atoms with van der Waals surface area (Å²) in [5.41, 5.74) is 1.41. The number of aromatic nitrogens is 2. The van der Waals surface area contributed by atoms with Crippen molar-refractivity contribution < 1.29 is 8.78 Å². The third-order valence-corrected chi connectivity index (χ3v) is 3.97. The molecular formula is C14H21F2N3. The molecule has 1 aromatic rings. The fourth-order valence-electron chi connectivity index (χ4n) is 2.74. The molecule has 0 bridgehead atoms. The van der Waals surface area contributed by atoms with Gasteiger partial charge in [-0.25, -0.2) is 4.98 Å². The molecule has 1 N–H and O–H groups in total. The predicted octanol–water partition coefficient (Wildman–Crippen LogP) is 3.36. The molecule has 1 aromatic heterocycles. The van der Waals surface area contributed by atoms with Crippen LogP contribution in [0.2, 0.25) is 0 Å². The third-order valence-electron chi connectivity index (χ3n) is 3.97. The Hall–Kier alpha value is -1.23. The molecule has 1 aliphatic rings. The van der Waals surface area contributed by atoms with E-state index in [-0.39, 0.29) is 0 Å². The van der Waals surface area contributed by atoms with E-state index in [4.69, 9.17) is 0 Å². The second kappa shape index (κ2) is 6.28. The van der Waals surface area contributed by atoms with Crippen LogP contribution in [0.25, 0.3) is 0 Å². The Bertz CT molecular complexity index is 440. The lowest BCUT2D eigenvalue weighted by Gasteiger charge is -2.29. The van der Waals surface area contributed by atoms with Gasteiger partial charge in [-0.15, -0.1) is 0 Å². The van der Waals surface area contributed by atoms with E-state index in [0.717, 1.165) is 17.5 Å². The van der Waals surface area contributed by atoms with Crippen LogP contribution in [-0.2, 0) is 6.54 Å². The fraction of sp³-hybridized carbons (Fsp3) is 0.643. The van der Waals surface area contributed by atoms with Crippen molar-refractivity contribution in [3.05, 3.63) is 29.9 Å². The molecule has 19 heavy (non-hydrogen) atoms. The molecule has 2 rings (SSSR count). The smallest absolute Gasteiger partial charge is 0.309 e. The SMILES string of the molecule is CC1=CCC[C@H](C)[C@H]1CNCc1nccn1C(F)F. The summed E-state index contributed by atoms with van der Waals surface area (Å²) in [4.78, 5) is 3.96. The minimum absolute atomic E-state index is 0.383. The van der Waals surface area contributed by atoms with Gasteiger partial charge < -0.3 is 5.32 Å². The van der Waals surface area contributed by atoms with Gasteiger partial charge in [0.1, 0.15) is 5.82 Å². The van der Waals surface area contributed by atoms with E-state index in [0.29, 0.717) is 24.2 Å². The van der Waals surface area contributed by atoms with E-state index in [1.54, 1.807) is 0 Å². The minimum atomic E-state index is -2.52. The second-order valence-corrected chi connectivity index (χ2v) is 5.27. The maximum absolute atomic E-state index is 12.7. The van der Waals surface area contributed by atoms with Crippen LogP contribution in [-0.4, -0.2) is 16.1 Å². The molecule has 0 radical (unpaired) electrons. The Balaban J connectivity index is 1.88. The number of hydrogen-bond donors (Lipinski definition) is 1. The highest BCUT2D eigenvalue weighted by molar-refractivity contribution is 5.09. The van der Waals surface area contributed by atoms with Crippen LogP contribution in [0.5, 0.6) is 0 Å². The summed E-state index contributed by atoms with van der Waals surface area (Å²) < 4.78 is 26.2. The number of rotatable bonds is 5. The predicted molar refractivity (Wildman–Crippen MR) is 70.8 cm³/mol.